The van der Waals surface area contributed by atoms with Gasteiger partial charge in [0.25, 0.3) is 0 Å². The lowest BCUT2D eigenvalue weighted by Crippen LogP contribution is -2.55. The zero-order valence-electron chi connectivity index (χ0n) is 19.1. The van der Waals surface area contributed by atoms with Gasteiger partial charge in [0.15, 0.2) is 5.96 Å². The topological polar surface area (TPSA) is 68.8 Å². The van der Waals surface area contributed by atoms with Crippen molar-refractivity contribution in [3.05, 3.63) is 35.9 Å². The van der Waals surface area contributed by atoms with Gasteiger partial charge in [0.05, 0.1) is 0 Å². The maximum Gasteiger partial charge on any atom is 0.225 e. The van der Waals surface area contributed by atoms with Crippen LogP contribution in [0.4, 0.5) is 0 Å². The summed E-state index contributed by atoms with van der Waals surface area (Å²) in [7, 11) is 1.82. The van der Waals surface area contributed by atoms with Crippen molar-refractivity contribution in [2.45, 2.75) is 70.5 Å². The van der Waals surface area contributed by atoms with Gasteiger partial charge in [-0.1, -0.05) is 57.0 Å². The Morgan fingerprint density at radius 3 is 2.53 bits per heavy atom. The molecule has 166 valence electrons. The highest BCUT2D eigenvalue weighted by Gasteiger charge is 2.35. The Morgan fingerprint density at radius 2 is 1.90 bits per heavy atom. The third kappa shape index (κ3) is 5.75. The van der Waals surface area contributed by atoms with E-state index in [1.54, 1.807) is 0 Å². The molecule has 0 bridgehead atoms. The van der Waals surface area contributed by atoms with Crippen LogP contribution in [-0.2, 0) is 4.79 Å². The zero-order chi connectivity index (χ0) is 21.6. The molecule has 1 saturated carbocycles. The minimum Gasteiger partial charge on any atom is -0.355 e. The Bertz CT molecular complexity index is 712. The van der Waals surface area contributed by atoms with E-state index in [1.165, 1.54) is 31.2 Å². The summed E-state index contributed by atoms with van der Waals surface area (Å²) in [5.41, 5.74) is 1.41. The van der Waals surface area contributed by atoms with Crippen molar-refractivity contribution in [1.82, 2.24) is 20.9 Å². The third-order valence-electron chi connectivity index (χ3n) is 6.54. The molecule has 0 radical (unpaired) electrons. The summed E-state index contributed by atoms with van der Waals surface area (Å²) >= 11 is 0. The molecule has 1 saturated heterocycles. The third-order valence-corrected chi connectivity index (χ3v) is 6.54. The van der Waals surface area contributed by atoms with Crippen LogP contribution in [0.3, 0.4) is 0 Å². The fourth-order valence-corrected chi connectivity index (χ4v) is 4.79. The summed E-state index contributed by atoms with van der Waals surface area (Å²) in [6.07, 6.45) is 5.84. The number of aliphatic imine (C=N–C) groups is 1. The molecule has 1 aromatic carbocycles. The molecule has 3 N–H and O–H groups in total. The number of guanidine groups is 1. The number of rotatable bonds is 7. The lowest BCUT2D eigenvalue weighted by atomic mass is 9.94. The van der Waals surface area contributed by atoms with Crippen molar-refractivity contribution >= 4 is 11.9 Å². The summed E-state index contributed by atoms with van der Waals surface area (Å²) in [6, 6.07) is 11.2. The normalized spacial score (nSPS) is 22.4. The summed E-state index contributed by atoms with van der Waals surface area (Å²) in [5, 5.41) is 11.0. The Morgan fingerprint density at radius 1 is 1.20 bits per heavy atom. The molecule has 6 heteroatoms. The van der Waals surface area contributed by atoms with Crippen LogP contribution < -0.4 is 16.0 Å². The number of carbonyl (C=O) groups is 1. The van der Waals surface area contributed by atoms with E-state index in [0.717, 1.165) is 32.0 Å². The predicted octanol–water partition coefficient (Wildman–Crippen LogP) is 3.07. The Balaban J connectivity index is 1.54. The van der Waals surface area contributed by atoms with Crippen molar-refractivity contribution in [3.63, 3.8) is 0 Å². The molecule has 0 aromatic heterocycles. The highest BCUT2D eigenvalue weighted by molar-refractivity contribution is 5.81. The molecule has 1 aromatic rings. The highest BCUT2D eigenvalue weighted by Crippen LogP contribution is 2.31. The fourth-order valence-electron chi connectivity index (χ4n) is 4.79. The lowest BCUT2D eigenvalue weighted by molar-refractivity contribution is -0.133. The van der Waals surface area contributed by atoms with Crippen LogP contribution in [0, 0.1) is 5.92 Å². The Kier molecular flexibility index (Phi) is 7.75. The van der Waals surface area contributed by atoms with Crippen LogP contribution in [0.2, 0.25) is 0 Å². The maximum absolute atomic E-state index is 12.3. The Hall–Kier alpha value is -2.08. The van der Waals surface area contributed by atoms with E-state index in [4.69, 9.17) is 0 Å². The van der Waals surface area contributed by atoms with Gasteiger partial charge in [-0.05, 0) is 31.7 Å². The average Bonchev–Trinajstić information content (AvgIpc) is 3.41. The number of carbonyl (C=O) groups excluding carboxylic acids is 1. The molecular formula is C24H39N5O. The van der Waals surface area contributed by atoms with Gasteiger partial charge in [0.2, 0.25) is 5.91 Å². The van der Waals surface area contributed by atoms with E-state index in [0.29, 0.717) is 6.04 Å². The van der Waals surface area contributed by atoms with Crippen molar-refractivity contribution in [2.75, 3.05) is 26.7 Å². The Labute approximate surface area is 181 Å². The second-order valence-corrected chi connectivity index (χ2v) is 9.26. The molecule has 1 heterocycles. The molecule has 2 aliphatic rings. The van der Waals surface area contributed by atoms with Crippen LogP contribution >= 0.6 is 0 Å². The van der Waals surface area contributed by atoms with Gasteiger partial charge in [-0.25, -0.2) is 0 Å². The minimum absolute atomic E-state index is 0.0566. The van der Waals surface area contributed by atoms with Crippen LogP contribution in [-0.4, -0.2) is 55.0 Å². The molecular weight excluding hydrogens is 374 g/mol. The van der Waals surface area contributed by atoms with Gasteiger partial charge in [0.1, 0.15) is 0 Å². The molecule has 2 atom stereocenters. The molecule has 2 fully saturated rings. The van der Waals surface area contributed by atoms with E-state index in [1.807, 2.05) is 25.8 Å². The standard InChI is InChI=1S/C24H39N5O/c1-18(2)22(30)29-15-12-21(16-29)27-23(25-4)26-17-24(13-8-9-14-24)28-19(3)20-10-6-5-7-11-20/h5-7,10-11,18-19,21,28H,8-9,12-17H2,1-4H3,(H2,25,26,27). The first-order chi connectivity index (χ1) is 14.4. The molecule has 1 aliphatic heterocycles. The van der Waals surface area contributed by atoms with Crippen molar-refractivity contribution in [1.29, 1.82) is 0 Å². The number of nitrogens with zero attached hydrogens (tertiary/aromatic N) is 2. The first-order valence-electron chi connectivity index (χ1n) is 11.5. The van der Waals surface area contributed by atoms with Gasteiger partial charge in [-0.3, -0.25) is 9.79 Å². The van der Waals surface area contributed by atoms with Crippen LogP contribution in [0.5, 0.6) is 0 Å². The molecule has 0 spiro atoms. The average molecular weight is 414 g/mol. The number of amides is 1. The molecule has 6 nitrogen and oxygen atoms in total. The van der Waals surface area contributed by atoms with E-state index in [9.17, 15) is 4.79 Å². The maximum atomic E-state index is 12.3. The van der Waals surface area contributed by atoms with E-state index < -0.39 is 0 Å². The van der Waals surface area contributed by atoms with Gasteiger partial charge >= 0.3 is 0 Å². The van der Waals surface area contributed by atoms with Gasteiger partial charge in [0, 0.05) is 50.2 Å². The number of hydrogen-bond donors (Lipinski definition) is 3. The quantitative estimate of drug-likeness (QED) is 0.475. The van der Waals surface area contributed by atoms with Crippen molar-refractivity contribution in [2.24, 2.45) is 10.9 Å². The van der Waals surface area contributed by atoms with E-state index >= 15 is 0 Å². The predicted molar refractivity (Wildman–Crippen MR) is 124 cm³/mol. The second kappa shape index (κ2) is 10.3. The smallest absolute Gasteiger partial charge is 0.225 e. The van der Waals surface area contributed by atoms with E-state index in [2.05, 4.69) is 58.2 Å². The van der Waals surface area contributed by atoms with Crippen molar-refractivity contribution < 1.29 is 4.79 Å². The second-order valence-electron chi connectivity index (χ2n) is 9.26. The summed E-state index contributed by atoms with van der Waals surface area (Å²) in [4.78, 5) is 18.7. The number of hydrogen-bond acceptors (Lipinski definition) is 3. The summed E-state index contributed by atoms with van der Waals surface area (Å²) < 4.78 is 0. The van der Waals surface area contributed by atoms with Crippen LogP contribution in [0.1, 0.15) is 64.5 Å². The minimum atomic E-state index is 0.0566. The lowest BCUT2D eigenvalue weighted by Gasteiger charge is -2.35. The molecule has 3 rings (SSSR count). The van der Waals surface area contributed by atoms with Gasteiger partial charge in [-0.15, -0.1) is 0 Å². The van der Waals surface area contributed by atoms with Crippen LogP contribution in [0.25, 0.3) is 0 Å². The summed E-state index contributed by atoms with van der Waals surface area (Å²) in [5.74, 6) is 1.13. The van der Waals surface area contributed by atoms with Gasteiger partial charge in [-0.2, -0.15) is 0 Å². The zero-order valence-corrected chi connectivity index (χ0v) is 19.1. The summed E-state index contributed by atoms with van der Waals surface area (Å²) in [6.45, 7) is 8.62. The molecule has 1 aliphatic carbocycles. The number of benzene rings is 1. The number of likely N-dealkylation sites (tertiary alicyclic amines) is 1. The fraction of sp³-hybridized carbons (Fsp3) is 0.667. The SMILES string of the molecule is CN=C(NCC1(NC(C)c2ccccc2)CCCC1)NC1CCN(C(=O)C(C)C)C1. The van der Waals surface area contributed by atoms with E-state index in [-0.39, 0.29) is 23.4 Å². The molecule has 1 amide bonds. The highest BCUT2D eigenvalue weighted by atomic mass is 16.2. The first kappa shape index (κ1) is 22.6. The van der Waals surface area contributed by atoms with Gasteiger partial charge < -0.3 is 20.9 Å². The largest absolute Gasteiger partial charge is 0.355 e. The monoisotopic (exact) mass is 413 g/mol. The van der Waals surface area contributed by atoms with Crippen molar-refractivity contribution in [3.8, 4) is 0 Å². The first-order valence-corrected chi connectivity index (χ1v) is 11.5. The van der Waals surface area contributed by atoms with Crippen LogP contribution in [0.15, 0.2) is 35.3 Å². The molecule has 30 heavy (non-hydrogen) atoms. The molecule has 2 unspecified atom stereocenters. The number of nitrogens with one attached hydrogen (secondary N) is 3.